The van der Waals surface area contributed by atoms with Gasteiger partial charge in [0.25, 0.3) is 0 Å². The van der Waals surface area contributed by atoms with E-state index in [9.17, 15) is 0 Å². The molecule has 5 heteroatoms. The largest absolute Gasteiger partial charge is 0.497 e. The van der Waals surface area contributed by atoms with Crippen LogP contribution in [0.2, 0.25) is 0 Å². The van der Waals surface area contributed by atoms with Crippen LogP contribution in [-0.4, -0.2) is 36.1 Å². The van der Waals surface area contributed by atoms with Gasteiger partial charge < -0.3 is 19.4 Å². The molecule has 0 unspecified atom stereocenters. The van der Waals surface area contributed by atoms with Crippen molar-refractivity contribution >= 4 is 11.3 Å². The number of fused-ring (bicyclic) bond motifs is 1. The van der Waals surface area contributed by atoms with E-state index in [1.807, 2.05) is 12.1 Å². The van der Waals surface area contributed by atoms with E-state index in [0.717, 1.165) is 43.3 Å². The average Bonchev–Trinajstić information content (AvgIpc) is 3.27. The Kier molecular flexibility index (Phi) is 4.80. The number of nitrogens with zero attached hydrogens (tertiary/aromatic N) is 3. The summed E-state index contributed by atoms with van der Waals surface area (Å²) in [5, 5.41) is 3.65. The molecule has 3 heterocycles. The maximum atomic E-state index is 5.35. The first kappa shape index (κ1) is 16.9. The third kappa shape index (κ3) is 3.40. The minimum Gasteiger partial charge on any atom is -0.497 e. The molecule has 1 aromatic carbocycles. The van der Waals surface area contributed by atoms with Crippen molar-refractivity contribution in [3.63, 3.8) is 0 Å². The molecule has 0 saturated carbocycles. The summed E-state index contributed by atoms with van der Waals surface area (Å²) in [6.07, 6.45) is 3.31. The summed E-state index contributed by atoms with van der Waals surface area (Å²) >= 11 is 0. The summed E-state index contributed by atoms with van der Waals surface area (Å²) in [4.78, 5) is 7.09. The molecule has 0 amide bonds. The predicted molar refractivity (Wildman–Crippen MR) is 105 cm³/mol. The molecule has 0 aliphatic carbocycles. The molecule has 3 aromatic rings. The molecule has 1 aliphatic heterocycles. The van der Waals surface area contributed by atoms with Gasteiger partial charge >= 0.3 is 0 Å². The van der Waals surface area contributed by atoms with E-state index in [0.29, 0.717) is 5.92 Å². The van der Waals surface area contributed by atoms with Crippen LogP contribution in [0.5, 0.6) is 5.75 Å². The van der Waals surface area contributed by atoms with Gasteiger partial charge in [0.05, 0.1) is 18.5 Å². The minimum absolute atomic E-state index is 0.667. The fraction of sp³-hybridized carbons (Fsp3) is 0.381. The number of hydrogen-bond donors (Lipinski definition) is 1. The highest BCUT2D eigenvalue weighted by molar-refractivity contribution is 5.51. The summed E-state index contributed by atoms with van der Waals surface area (Å²) in [6.45, 7) is 6.16. The van der Waals surface area contributed by atoms with Crippen molar-refractivity contribution in [3.05, 3.63) is 60.0 Å². The highest BCUT2D eigenvalue weighted by Gasteiger charge is 2.22. The molecule has 1 fully saturated rings. The lowest BCUT2D eigenvalue weighted by Gasteiger charge is -2.19. The Morgan fingerprint density at radius 2 is 2.15 bits per heavy atom. The number of rotatable bonds is 6. The first-order chi connectivity index (χ1) is 12.7. The molecule has 26 heavy (non-hydrogen) atoms. The fourth-order valence-corrected chi connectivity index (χ4v) is 3.81. The number of imidazole rings is 1. The van der Waals surface area contributed by atoms with Crippen molar-refractivity contribution in [2.45, 2.75) is 19.9 Å². The first-order valence-corrected chi connectivity index (χ1v) is 9.27. The summed E-state index contributed by atoms with van der Waals surface area (Å²) in [5.41, 5.74) is 4.63. The number of hydrogen-bond acceptors (Lipinski definition) is 4. The van der Waals surface area contributed by atoms with Crippen LogP contribution in [0.1, 0.15) is 17.8 Å². The predicted octanol–water partition coefficient (Wildman–Crippen LogP) is 3.27. The minimum atomic E-state index is 0.667. The lowest BCUT2D eigenvalue weighted by atomic mass is 10.1. The molecule has 4 rings (SSSR count). The quantitative estimate of drug-likeness (QED) is 0.741. The zero-order valence-corrected chi connectivity index (χ0v) is 15.5. The topological polar surface area (TPSA) is 41.8 Å². The number of methoxy groups -OCH3 is 1. The Labute approximate surface area is 154 Å². The molecule has 0 radical (unpaired) electrons. The summed E-state index contributed by atoms with van der Waals surface area (Å²) in [5.74, 6) is 1.59. The van der Waals surface area contributed by atoms with Crippen LogP contribution in [0.3, 0.4) is 0 Å². The molecule has 2 aromatic heterocycles. The van der Waals surface area contributed by atoms with Gasteiger partial charge in [-0.15, -0.1) is 0 Å². The normalized spacial score (nSPS) is 17.2. The van der Waals surface area contributed by atoms with Gasteiger partial charge in [0.1, 0.15) is 11.4 Å². The average molecular weight is 350 g/mol. The van der Waals surface area contributed by atoms with Crippen molar-refractivity contribution in [1.82, 2.24) is 14.7 Å². The second-order valence-corrected chi connectivity index (χ2v) is 7.01. The third-order valence-electron chi connectivity index (χ3n) is 5.26. The Hall–Kier alpha value is -2.53. The highest BCUT2D eigenvalue weighted by Crippen LogP contribution is 2.26. The van der Waals surface area contributed by atoms with E-state index in [1.54, 1.807) is 7.11 Å². The van der Waals surface area contributed by atoms with Gasteiger partial charge in [0.2, 0.25) is 0 Å². The Bertz CT molecular complexity index is 889. The fourth-order valence-electron chi connectivity index (χ4n) is 3.81. The molecular formula is C21H26N4O. The van der Waals surface area contributed by atoms with Crippen LogP contribution in [0.25, 0.3) is 5.65 Å². The van der Waals surface area contributed by atoms with Crippen LogP contribution < -0.4 is 15.0 Å². The van der Waals surface area contributed by atoms with Gasteiger partial charge in [-0.2, -0.15) is 0 Å². The summed E-state index contributed by atoms with van der Waals surface area (Å²) in [6, 6.07) is 14.5. The van der Waals surface area contributed by atoms with Crippen LogP contribution in [0.4, 0.5) is 5.69 Å². The van der Waals surface area contributed by atoms with Gasteiger partial charge in [-0.25, -0.2) is 4.98 Å². The van der Waals surface area contributed by atoms with Crippen molar-refractivity contribution < 1.29 is 4.74 Å². The second-order valence-electron chi connectivity index (χ2n) is 7.01. The molecule has 1 aliphatic rings. The van der Waals surface area contributed by atoms with E-state index in [4.69, 9.17) is 4.74 Å². The van der Waals surface area contributed by atoms with Crippen molar-refractivity contribution in [2.75, 3.05) is 31.6 Å². The standard InChI is InChI=1S/C21H26N4O/c1-16-20(25-10-4-3-8-21(25)23-16)14-22-13-17-9-11-24(15-17)18-6-5-7-19(12-18)26-2/h3-8,10,12,17,22H,9,11,13-15H2,1-2H3/t17-/m0/s1. The summed E-state index contributed by atoms with van der Waals surface area (Å²) in [7, 11) is 1.72. The van der Waals surface area contributed by atoms with Gasteiger partial charge in [-0.05, 0) is 43.5 Å². The van der Waals surface area contributed by atoms with Crippen LogP contribution >= 0.6 is 0 Å². The van der Waals surface area contributed by atoms with E-state index >= 15 is 0 Å². The number of nitrogens with one attached hydrogen (secondary N) is 1. The maximum Gasteiger partial charge on any atom is 0.137 e. The highest BCUT2D eigenvalue weighted by atomic mass is 16.5. The molecule has 1 N–H and O–H groups in total. The number of anilines is 1. The van der Waals surface area contributed by atoms with Crippen molar-refractivity contribution in [3.8, 4) is 5.75 Å². The molecule has 5 nitrogen and oxygen atoms in total. The number of pyridine rings is 1. The second kappa shape index (κ2) is 7.38. The van der Waals surface area contributed by atoms with E-state index in [-0.39, 0.29) is 0 Å². The van der Waals surface area contributed by atoms with Crippen molar-refractivity contribution in [1.29, 1.82) is 0 Å². The number of benzene rings is 1. The van der Waals surface area contributed by atoms with E-state index in [2.05, 4.69) is 63.1 Å². The number of aromatic nitrogens is 2. The summed E-state index contributed by atoms with van der Waals surface area (Å²) < 4.78 is 7.53. The molecule has 1 saturated heterocycles. The smallest absolute Gasteiger partial charge is 0.137 e. The van der Waals surface area contributed by atoms with E-state index < -0.39 is 0 Å². The number of ether oxygens (including phenoxy) is 1. The van der Waals surface area contributed by atoms with Gasteiger partial charge in [0, 0.05) is 44.1 Å². The van der Waals surface area contributed by atoms with Gasteiger partial charge in [-0.1, -0.05) is 12.1 Å². The first-order valence-electron chi connectivity index (χ1n) is 9.27. The molecule has 0 bridgehead atoms. The third-order valence-corrected chi connectivity index (χ3v) is 5.26. The molecular weight excluding hydrogens is 324 g/mol. The zero-order valence-electron chi connectivity index (χ0n) is 15.5. The lowest BCUT2D eigenvalue weighted by Crippen LogP contribution is -2.26. The molecule has 0 spiro atoms. The van der Waals surface area contributed by atoms with Gasteiger partial charge in [-0.3, -0.25) is 0 Å². The van der Waals surface area contributed by atoms with Crippen molar-refractivity contribution in [2.24, 2.45) is 5.92 Å². The number of aryl methyl sites for hydroxylation is 1. The monoisotopic (exact) mass is 350 g/mol. The van der Waals surface area contributed by atoms with E-state index in [1.165, 1.54) is 17.8 Å². The van der Waals surface area contributed by atoms with Crippen LogP contribution in [0, 0.1) is 12.8 Å². The van der Waals surface area contributed by atoms with Crippen LogP contribution in [0.15, 0.2) is 48.7 Å². The Morgan fingerprint density at radius 1 is 1.23 bits per heavy atom. The lowest BCUT2D eigenvalue weighted by molar-refractivity contribution is 0.415. The Balaban J connectivity index is 1.34. The van der Waals surface area contributed by atoms with Gasteiger partial charge in [0.15, 0.2) is 0 Å². The maximum absolute atomic E-state index is 5.35. The molecule has 136 valence electrons. The van der Waals surface area contributed by atoms with Crippen LogP contribution in [-0.2, 0) is 6.54 Å². The molecule has 1 atom stereocenters. The Morgan fingerprint density at radius 3 is 3.04 bits per heavy atom. The zero-order chi connectivity index (χ0) is 17.9. The SMILES string of the molecule is COc1cccc(N2CC[C@@H](CNCc3c(C)nc4ccccn34)C2)c1.